The third kappa shape index (κ3) is 2.17. The van der Waals surface area contributed by atoms with Crippen molar-refractivity contribution in [2.45, 2.75) is 6.04 Å². The Bertz CT molecular complexity index is 442. The molecule has 0 aliphatic heterocycles. The molecule has 2 nitrogen and oxygen atoms in total. The van der Waals surface area contributed by atoms with Crippen LogP contribution in [0.1, 0.15) is 17.3 Å². The van der Waals surface area contributed by atoms with Gasteiger partial charge in [-0.25, -0.2) is 0 Å². The van der Waals surface area contributed by atoms with E-state index in [-0.39, 0.29) is 6.04 Å². The van der Waals surface area contributed by atoms with E-state index in [1.165, 1.54) is 0 Å². The normalized spacial score (nSPS) is 12.4. The molecule has 1 heterocycles. The second-order valence-corrected chi connectivity index (χ2v) is 3.67. The van der Waals surface area contributed by atoms with Crippen molar-refractivity contribution in [1.29, 1.82) is 0 Å². The van der Waals surface area contributed by atoms with E-state index in [9.17, 15) is 0 Å². The Kier molecular flexibility index (Phi) is 2.99. The zero-order valence-electron chi connectivity index (χ0n) is 8.10. The number of nitrogens with two attached hydrogens (primary N) is 1. The lowest BCUT2D eigenvalue weighted by molar-refractivity contribution is 0.829. The Balaban J connectivity index is 2.37. The maximum Gasteiger partial charge on any atom is 0.0802 e. The predicted octanol–water partition coefficient (Wildman–Crippen LogP) is 2.78. The summed E-state index contributed by atoms with van der Waals surface area (Å²) in [4.78, 5) is 4.20. The van der Waals surface area contributed by atoms with Crippen LogP contribution < -0.4 is 5.73 Å². The van der Waals surface area contributed by atoms with E-state index in [2.05, 4.69) is 4.98 Å². The number of halogens is 1. The van der Waals surface area contributed by atoms with Crippen LogP contribution in [0.15, 0.2) is 48.7 Å². The molecule has 1 aromatic heterocycles. The first-order chi connectivity index (χ1) is 7.29. The van der Waals surface area contributed by atoms with Crippen molar-refractivity contribution < 1.29 is 0 Å². The summed E-state index contributed by atoms with van der Waals surface area (Å²) in [6.07, 6.45) is 1.70. The van der Waals surface area contributed by atoms with E-state index in [1.807, 2.05) is 30.3 Å². The average Bonchev–Trinajstić information content (AvgIpc) is 2.30. The number of benzene rings is 1. The minimum atomic E-state index is -0.264. The van der Waals surface area contributed by atoms with E-state index in [0.29, 0.717) is 10.7 Å². The van der Waals surface area contributed by atoms with E-state index >= 15 is 0 Å². The second kappa shape index (κ2) is 4.43. The molecule has 3 heteroatoms. The first-order valence-corrected chi connectivity index (χ1v) is 5.08. The first kappa shape index (κ1) is 10.1. The summed E-state index contributed by atoms with van der Waals surface area (Å²) >= 11 is 6.03. The zero-order valence-corrected chi connectivity index (χ0v) is 8.85. The molecule has 0 fully saturated rings. The van der Waals surface area contributed by atoms with Crippen LogP contribution in [0.25, 0.3) is 0 Å². The average molecular weight is 219 g/mol. The Morgan fingerprint density at radius 2 is 1.80 bits per heavy atom. The molecule has 0 saturated carbocycles. The third-order valence-electron chi connectivity index (χ3n) is 2.24. The molecule has 2 N–H and O–H groups in total. The molecule has 0 amide bonds. The van der Waals surface area contributed by atoms with Gasteiger partial charge in [-0.05, 0) is 17.7 Å². The van der Waals surface area contributed by atoms with Crippen molar-refractivity contribution in [2.24, 2.45) is 5.73 Å². The molecule has 0 aliphatic rings. The van der Waals surface area contributed by atoms with Crippen LogP contribution in [0.4, 0.5) is 0 Å². The quantitative estimate of drug-likeness (QED) is 0.842. The molecule has 2 aromatic rings. The highest BCUT2D eigenvalue weighted by Gasteiger charge is 2.12. The summed E-state index contributed by atoms with van der Waals surface area (Å²) in [5, 5.41) is 0.605. The van der Waals surface area contributed by atoms with Crippen LogP contribution in [-0.4, -0.2) is 4.98 Å². The highest BCUT2D eigenvalue weighted by Crippen LogP contribution is 2.23. The number of pyridine rings is 1. The predicted molar refractivity (Wildman–Crippen MR) is 61.7 cm³/mol. The summed E-state index contributed by atoms with van der Waals surface area (Å²) in [6.45, 7) is 0. The Labute approximate surface area is 93.7 Å². The highest BCUT2D eigenvalue weighted by atomic mass is 35.5. The summed E-state index contributed by atoms with van der Waals surface area (Å²) < 4.78 is 0. The summed E-state index contributed by atoms with van der Waals surface area (Å²) in [6, 6.07) is 13.1. The van der Waals surface area contributed by atoms with Crippen LogP contribution in [-0.2, 0) is 0 Å². The largest absolute Gasteiger partial charge is 0.319 e. The van der Waals surface area contributed by atoms with E-state index in [1.54, 1.807) is 18.3 Å². The minimum Gasteiger partial charge on any atom is -0.319 e. The molecule has 0 bridgehead atoms. The van der Waals surface area contributed by atoms with Gasteiger partial charge in [-0.1, -0.05) is 41.9 Å². The van der Waals surface area contributed by atoms with Gasteiger partial charge in [0.2, 0.25) is 0 Å². The molecule has 1 atom stereocenters. The standard InChI is InChI=1S/C12H11ClN2/c13-10-7-4-8-15-12(10)11(14)9-5-2-1-3-6-9/h1-8,11H,14H2. The SMILES string of the molecule is NC(c1ccccc1)c1ncccc1Cl. The fourth-order valence-corrected chi connectivity index (χ4v) is 1.68. The van der Waals surface area contributed by atoms with Gasteiger partial charge in [0.15, 0.2) is 0 Å². The molecule has 0 aliphatic carbocycles. The van der Waals surface area contributed by atoms with Crippen molar-refractivity contribution in [1.82, 2.24) is 4.98 Å². The molecule has 2 rings (SSSR count). The van der Waals surface area contributed by atoms with Gasteiger partial charge in [0.1, 0.15) is 0 Å². The Hall–Kier alpha value is -1.38. The molecule has 15 heavy (non-hydrogen) atoms. The number of nitrogens with zero attached hydrogens (tertiary/aromatic N) is 1. The van der Waals surface area contributed by atoms with Gasteiger partial charge in [-0.2, -0.15) is 0 Å². The third-order valence-corrected chi connectivity index (χ3v) is 2.56. The van der Waals surface area contributed by atoms with Gasteiger partial charge in [-0.15, -0.1) is 0 Å². The van der Waals surface area contributed by atoms with Gasteiger partial charge in [-0.3, -0.25) is 4.98 Å². The lowest BCUT2D eigenvalue weighted by Gasteiger charge is -2.12. The summed E-state index contributed by atoms with van der Waals surface area (Å²) in [7, 11) is 0. The summed E-state index contributed by atoms with van der Waals surface area (Å²) in [5.74, 6) is 0. The van der Waals surface area contributed by atoms with Gasteiger partial charge < -0.3 is 5.73 Å². The minimum absolute atomic E-state index is 0.264. The van der Waals surface area contributed by atoms with Crippen LogP contribution in [0.2, 0.25) is 5.02 Å². The van der Waals surface area contributed by atoms with Crippen molar-refractivity contribution in [3.05, 3.63) is 64.9 Å². The van der Waals surface area contributed by atoms with E-state index in [4.69, 9.17) is 17.3 Å². The number of hydrogen-bond donors (Lipinski definition) is 1. The maximum absolute atomic E-state index is 6.07. The van der Waals surface area contributed by atoms with Crippen LogP contribution in [0.5, 0.6) is 0 Å². The van der Waals surface area contributed by atoms with Crippen LogP contribution in [0, 0.1) is 0 Å². The monoisotopic (exact) mass is 218 g/mol. The van der Waals surface area contributed by atoms with Gasteiger partial charge in [0, 0.05) is 6.20 Å². The van der Waals surface area contributed by atoms with Gasteiger partial charge in [0.25, 0.3) is 0 Å². The second-order valence-electron chi connectivity index (χ2n) is 3.26. The van der Waals surface area contributed by atoms with Crippen molar-refractivity contribution in [3.8, 4) is 0 Å². The fourth-order valence-electron chi connectivity index (χ4n) is 1.44. The smallest absolute Gasteiger partial charge is 0.0802 e. The lowest BCUT2D eigenvalue weighted by atomic mass is 10.0. The van der Waals surface area contributed by atoms with Crippen molar-refractivity contribution >= 4 is 11.6 Å². The molecular weight excluding hydrogens is 208 g/mol. The molecular formula is C12H11ClN2. The number of rotatable bonds is 2. The topological polar surface area (TPSA) is 38.9 Å². The maximum atomic E-state index is 6.07. The van der Waals surface area contributed by atoms with Gasteiger partial charge >= 0.3 is 0 Å². The number of aromatic nitrogens is 1. The molecule has 0 spiro atoms. The molecule has 1 unspecified atom stereocenters. The Morgan fingerprint density at radius 3 is 2.47 bits per heavy atom. The molecule has 0 radical (unpaired) electrons. The highest BCUT2D eigenvalue weighted by molar-refractivity contribution is 6.31. The van der Waals surface area contributed by atoms with Crippen molar-refractivity contribution in [3.63, 3.8) is 0 Å². The van der Waals surface area contributed by atoms with Crippen molar-refractivity contribution in [2.75, 3.05) is 0 Å². The van der Waals surface area contributed by atoms with E-state index < -0.39 is 0 Å². The van der Waals surface area contributed by atoms with Crippen LogP contribution >= 0.6 is 11.6 Å². The summed E-state index contributed by atoms with van der Waals surface area (Å²) in [5.41, 5.74) is 7.80. The lowest BCUT2D eigenvalue weighted by Crippen LogP contribution is -2.13. The number of hydrogen-bond acceptors (Lipinski definition) is 2. The molecule has 76 valence electrons. The van der Waals surface area contributed by atoms with Gasteiger partial charge in [0.05, 0.1) is 16.8 Å². The molecule has 0 saturated heterocycles. The Morgan fingerprint density at radius 1 is 1.07 bits per heavy atom. The first-order valence-electron chi connectivity index (χ1n) is 4.70. The van der Waals surface area contributed by atoms with E-state index in [0.717, 1.165) is 5.56 Å². The zero-order chi connectivity index (χ0) is 10.7. The fraction of sp³-hybridized carbons (Fsp3) is 0.0833. The molecule has 1 aromatic carbocycles. The van der Waals surface area contributed by atoms with Crippen LogP contribution in [0.3, 0.4) is 0 Å².